The summed E-state index contributed by atoms with van der Waals surface area (Å²) in [6, 6.07) is 0. The quantitative estimate of drug-likeness (QED) is 0.730. The molecule has 2 N–H and O–H groups in total. The number of hydrogen-bond acceptors (Lipinski definition) is 4. The summed E-state index contributed by atoms with van der Waals surface area (Å²) >= 11 is 0. The Balaban J connectivity index is 1.94. The highest BCUT2D eigenvalue weighted by molar-refractivity contribution is 5.88. The van der Waals surface area contributed by atoms with E-state index in [1.54, 1.807) is 6.92 Å². The van der Waals surface area contributed by atoms with Gasteiger partial charge in [-0.05, 0) is 26.7 Å². The second-order valence-corrected chi connectivity index (χ2v) is 5.57. The first-order chi connectivity index (χ1) is 8.37. The van der Waals surface area contributed by atoms with Crippen LogP contribution >= 0.6 is 0 Å². The van der Waals surface area contributed by atoms with Crippen molar-refractivity contribution < 1.29 is 19.4 Å². The molecule has 2 heterocycles. The summed E-state index contributed by atoms with van der Waals surface area (Å²) in [5.41, 5.74) is -1.35. The molecule has 18 heavy (non-hydrogen) atoms. The van der Waals surface area contributed by atoms with Gasteiger partial charge in [0, 0.05) is 19.6 Å². The summed E-state index contributed by atoms with van der Waals surface area (Å²) in [4.78, 5) is 24.8. The molecule has 0 bridgehead atoms. The molecule has 1 amide bonds. The molecule has 0 aromatic carbocycles. The predicted molar refractivity (Wildman–Crippen MR) is 64.2 cm³/mol. The molecule has 0 radical (unpaired) electrons. The molecule has 102 valence electrons. The van der Waals surface area contributed by atoms with Crippen LogP contribution < -0.4 is 5.32 Å². The summed E-state index contributed by atoms with van der Waals surface area (Å²) in [6.07, 6.45) is 1.24. The molecule has 0 saturated carbocycles. The maximum Gasteiger partial charge on any atom is 0.329 e. The Morgan fingerprint density at radius 1 is 1.39 bits per heavy atom. The molecule has 1 unspecified atom stereocenters. The van der Waals surface area contributed by atoms with Crippen molar-refractivity contribution in [1.82, 2.24) is 10.2 Å². The maximum atomic E-state index is 12.1. The van der Waals surface area contributed by atoms with Crippen LogP contribution in [0.15, 0.2) is 0 Å². The fourth-order valence-corrected chi connectivity index (χ4v) is 2.48. The Morgan fingerprint density at radius 2 is 2.06 bits per heavy atom. The zero-order valence-electron chi connectivity index (χ0n) is 10.9. The van der Waals surface area contributed by atoms with Crippen LogP contribution in [0.2, 0.25) is 0 Å². The molecule has 0 aromatic heterocycles. The number of nitrogens with zero attached hydrogens (tertiary/aromatic N) is 1. The van der Waals surface area contributed by atoms with Crippen LogP contribution in [0.25, 0.3) is 0 Å². The van der Waals surface area contributed by atoms with Crippen LogP contribution in [0, 0.1) is 0 Å². The van der Waals surface area contributed by atoms with Crippen LogP contribution in [0.3, 0.4) is 0 Å². The van der Waals surface area contributed by atoms with Crippen molar-refractivity contribution in [3.05, 3.63) is 0 Å². The number of carboxylic acids is 1. The van der Waals surface area contributed by atoms with Crippen LogP contribution in [0.5, 0.6) is 0 Å². The lowest BCUT2D eigenvalue weighted by atomic mass is 9.99. The number of aliphatic carboxylic acids is 1. The van der Waals surface area contributed by atoms with E-state index in [4.69, 9.17) is 4.74 Å². The minimum Gasteiger partial charge on any atom is -0.480 e. The minimum atomic E-state index is -1.07. The van der Waals surface area contributed by atoms with Gasteiger partial charge in [0.25, 0.3) is 0 Å². The molecule has 6 heteroatoms. The maximum absolute atomic E-state index is 12.1. The summed E-state index contributed by atoms with van der Waals surface area (Å²) in [7, 11) is 0. The lowest BCUT2D eigenvalue weighted by Crippen LogP contribution is -2.60. The third kappa shape index (κ3) is 2.22. The molecule has 2 aliphatic heterocycles. The fourth-order valence-electron chi connectivity index (χ4n) is 2.48. The van der Waals surface area contributed by atoms with E-state index in [1.165, 1.54) is 4.90 Å². The number of carbonyl (C=O) groups excluding carboxylic acids is 1. The van der Waals surface area contributed by atoms with Crippen molar-refractivity contribution in [1.29, 1.82) is 0 Å². The van der Waals surface area contributed by atoms with E-state index in [0.717, 1.165) is 19.5 Å². The Morgan fingerprint density at radius 3 is 2.56 bits per heavy atom. The van der Waals surface area contributed by atoms with Crippen LogP contribution in [0.1, 0.15) is 26.7 Å². The first-order valence-corrected chi connectivity index (χ1v) is 6.26. The average molecular weight is 256 g/mol. The van der Waals surface area contributed by atoms with Crippen molar-refractivity contribution >= 4 is 11.9 Å². The minimum absolute atomic E-state index is 0.0406. The molecular weight excluding hydrogens is 236 g/mol. The normalized spacial score (nSPS) is 30.0. The summed E-state index contributed by atoms with van der Waals surface area (Å²) in [6.45, 7) is 5.47. The van der Waals surface area contributed by atoms with E-state index < -0.39 is 11.5 Å². The Labute approximate surface area is 106 Å². The van der Waals surface area contributed by atoms with Gasteiger partial charge >= 0.3 is 5.97 Å². The Bertz CT molecular complexity index is 367. The van der Waals surface area contributed by atoms with Crippen LogP contribution in [-0.2, 0) is 14.3 Å². The second-order valence-electron chi connectivity index (χ2n) is 5.57. The van der Waals surface area contributed by atoms with E-state index in [9.17, 15) is 14.7 Å². The first-order valence-electron chi connectivity index (χ1n) is 6.26. The van der Waals surface area contributed by atoms with Gasteiger partial charge in [0.15, 0.2) is 0 Å². The molecule has 2 aliphatic rings. The molecule has 0 spiro atoms. The number of likely N-dealkylation sites (tertiary alicyclic amines) is 1. The molecule has 2 saturated heterocycles. The van der Waals surface area contributed by atoms with Crippen molar-refractivity contribution in [2.75, 3.05) is 26.2 Å². The topological polar surface area (TPSA) is 78.9 Å². The molecular formula is C12H20N2O4. The smallest absolute Gasteiger partial charge is 0.329 e. The number of rotatable bonds is 4. The molecule has 0 aromatic rings. The highest BCUT2D eigenvalue weighted by Crippen LogP contribution is 2.29. The van der Waals surface area contributed by atoms with Crippen LogP contribution in [0.4, 0.5) is 0 Å². The summed E-state index contributed by atoms with van der Waals surface area (Å²) < 4.78 is 5.57. The van der Waals surface area contributed by atoms with Gasteiger partial charge in [0.2, 0.25) is 5.91 Å². The van der Waals surface area contributed by atoms with E-state index >= 15 is 0 Å². The average Bonchev–Trinajstić information content (AvgIpc) is 2.67. The molecule has 2 rings (SSSR count). The zero-order chi connectivity index (χ0) is 13.4. The number of ether oxygens (including phenoxy) is 1. The third-order valence-corrected chi connectivity index (χ3v) is 3.94. The monoisotopic (exact) mass is 256 g/mol. The number of carboxylic acid groups (broad SMARTS) is 1. The second kappa shape index (κ2) is 4.51. The van der Waals surface area contributed by atoms with Gasteiger partial charge in [-0.15, -0.1) is 0 Å². The van der Waals surface area contributed by atoms with Crippen LogP contribution in [-0.4, -0.2) is 59.3 Å². The molecule has 6 nitrogen and oxygen atoms in total. The Kier molecular flexibility index (Phi) is 3.33. The van der Waals surface area contributed by atoms with Gasteiger partial charge in [-0.3, -0.25) is 4.79 Å². The number of amides is 1. The third-order valence-electron chi connectivity index (χ3n) is 3.94. The molecule has 2 fully saturated rings. The molecule has 0 aliphatic carbocycles. The van der Waals surface area contributed by atoms with Crippen molar-refractivity contribution in [2.24, 2.45) is 0 Å². The van der Waals surface area contributed by atoms with Gasteiger partial charge in [-0.1, -0.05) is 0 Å². The van der Waals surface area contributed by atoms with E-state index in [-0.39, 0.29) is 18.1 Å². The SMILES string of the molecule is CC1(OCC(=O)N2CCCC2(C)C(=O)O)CNC1. The zero-order valence-corrected chi connectivity index (χ0v) is 10.9. The van der Waals surface area contributed by atoms with Gasteiger partial charge in [0.05, 0.1) is 5.60 Å². The highest BCUT2D eigenvalue weighted by Gasteiger charge is 2.46. The lowest BCUT2D eigenvalue weighted by molar-refractivity contribution is -0.161. The van der Waals surface area contributed by atoms with Gasteiger partial charge in [0.1, 0.15) is 12.1 Å². The van der Waals surface area contributed by atoms with Gasteiger partial charge in [-0.25, -0.2) is 4.79 Å². The van der Waals surface area contributed by atoms with E-state index in [0.29, 0.717) is 13.0 Å². The largest absolute Gasteiger partial charge is 0.480 e. The van der Waals surface area contributed by atoms with E-state index in [1.807, 2.05) is 6.92 Å². The lowest BCUT2D eigenvalue weighted by Gasteiger charge is -2.39. The summed E-state index contributed by atoms with van der Waals surface area (Å²) in [5, 5.41) is 12.3. The number of carbonyl (C=O) groups is 2. The highest BCUT2D eigenvalue weighted by atomic mass is 16.5. The van der Waals surface area contributed by atoms with Gasteiger partial charge in [-0.2, -0.15) is 0 Å². The molecule has 1 atom stereocenters. The first kappa shape index (κ1) is 13.3. The number of nitrogens with one attached hydrogen (secondary N) is 1. The fraction of sp³-hybridized carbons (Fsp3) is 0.833. The van der Waals surface area contributed by atoms with Gasteiger partial charge < -0.3 is 20.1 Å². The summed E-state index contributed by atoms with van der Waals surface area (Å²) in [5.74, 6) is -1.17. The predicted octanol–water partition coefficient (Wildman–Crippen LogP) is -0.169. The Hall–Kier alpha value is -1.14. The van der Waals surface area contributed by atoms with Crippen molar-refractivity contribution in [3.8, 4) is 0 Å². The van der Waals surface area contributed by atoms with E-state index in [2.05, 4.69) is 5.32 Å². The number of hydrogen-bond donors (Lipinski definition) is 2. The standard InChI is InChI=1S/C12H20N2O4/c1-11(7-13-8-11)18-6-9(15)14-5-3-4-12(14,2)10(16)17/h13H,3-8H2,1-2H3,(H,16,17). The van der Waals surface area contributed by atoms with Crippen molar-refractivity contribution in [3.63, 3.8) is 0 Å². The van der Waals surface area contributed by atoms with Crippen molar-refractivity contribution in [2.45, 2.75) is 37.8 Å².